The van der Waals surface area contributed by atoms with Crippen molar-refractivity contribution in [1.82, 2.24) is 5.43 Å². The summed E-state index contributed by atoms with van der Waals surface area (Å²) in [6.45, 7) is 0. The Bertz CT molecular complexity index is 997. The predicted octanol–water partition coefficient (Wildman–Crippen LogP) is 4.38. The number of carbonyl (C=O) groups excluding carboxylic acids is 1. The van der Waals surface area contributed by atoms with Crippen LogP contribution in [-0.4, -0.2) is 17.0 Å². The summed E-state index contributed by atoms with van der Waals surface area (Å²) >= 11 is 3.30. The number of carbonyl (C=O) groups is 1. The minimum atomic E-state index is -0.466. The topological polar surface area (TPSA) is 97.7 Å². The molecule has 0 radical (unpaired) electrons. The Labute approximate surface area is 156 Å². The molecule has 1 N–H and O–H groups in total. The monoisotopic (exact) mass is 413 g/mol. The summed E-state index contributed by atoms with van der Waals surface area (Å²) < 4.78 is 6.25. The van der Waals surface area contributed by atoms with E-state index >= 15 is 0 Å². The first-order valence-electron chi connectivity index (χ1n) is 7.47. The summed E-state index contributed by atoms with van der Waals surface area (Å²) in [6, 6.07) is 16.4. The van der Waals surface area contributed by atoms with Gasteiger partial charge in [-0.15, -0.1) is 0 Å². The zero-order valence-corrected chi connectivity index (χ0v) is 14.8. The van der Waals surface area contributed by atoms with Crippen LogP contribution in [0.5, 0.6) is 0 Å². The summed E-state index contributed by atoms with van der Waals surface area (Å²) in [5.74, 6) is 0.505. The van der Waals surface area contributed by atoms with Gasteiger partial charge in [-0.1, -0.05) is 24.3 Å². The molecule has 2 aromatic carbocycles. The van der Waals surface area contributed by atoms with Crippen molar-refractivity contribution >= 4 is 33.7 Å². The molecule has 7 nitrogen and oxygen atoms in total. The number of non-ortho nitro benzene ring substituents is 1. The van der Waals surface area contributed by atoms with Crippen LogP contribution >= 0.6 is 15.9 Å². The maximum absolute atomic E-state index is 12.0. The summed E-state index contributed by atoms with van der Waals surface area (Å²) in [5.41, 5.74) is 3.43. The number of benzene rings is 2. The minimum Gasteiger partial charge on any atom is -0.455 e. The van der Waals surface area contributed by atoms with Crippen LogP contribution in [0.2, 0.25) is 0 Å². The molecule has 0 saturated carbocycles. The second-order valence-corrected chi connectivity index (χ2v) is 6.04. The highest BCUT2D eigenvalue weighted by atomic mass is 79.9. The van der Waals surface area contributed by atoms with E-state index in [1.807, 2.05) is 6.07 Å². The third kappa shape index (κ3) is 4.04. The fraction of sp³-hybridized carbons (Fsp3) is 0. The number of halogens is 1. The molecule has 0 spiro atoms. The number of hydrogen-bond donors (Lipinski definition) is 1. The van der Waals surface area contributed by atoms with Crippen molar-refractivity contribution in [2.75, 3.05) is 0 Å². The van der Waals surface area contributed by atoms with Crippen LogP contribution in [0.4, 0.5) is 5.69 Å². The fourth-order valence-corrected chi connectivity index (χ4v) is 2.68. The number of nitrogens with zero attached hydrogens (tertiary/aromatic N) is 2. The number of hydrazone groups is 1. The van der Waals surface area contributed by atoms with Crippen molar-refractivity contribution in [2.45, 2.75) is 0 Å². The lowest BCUT2D eigenvalue weighted by Gasteiger charge is -2.01. The fourth-order valence-electron chi connectivity index (χ4n) is 2.21. The Morgan fingerprint density at radius 2 is 1.96 bits per heavy atom. The highest BCUT2D eigenvalue weighted by Gasteiger charge is 2.10. The van der Waals surface area contributed by atoms with Crippen molar-refractivity contribution in [3.8, 4) is 11.3 Å². The number of hydrogen-bond acceptors (Lipinski definition) is 5. The van der Waals surface area contributed by atoms with Gasteiger partial charge < -0.3 is 4.42 Å². The zero-order valence-electron chi connectivity index (χ0n) is 13.3. The first-order chi connectivity index (χ1) is 12.5. The van der Waals surface area contributed by atoms with E-state index in [0.29, 0.717) is 27.1 Å². The molecule has 0 unspecified atom stereocenters. The van der Waals surface area contributed by atoms with Crippen LogP contribution in [0.25, 0.3) is 11.3 Å². The smallest absolute Gasteiger partial charge is 0.272 e. The molecule has 1 amide bonds. The maximum Gasteiger partial charge on any atom is 0.272 e. The SMILES string of the molecule is O=C(NN=Cc1ccc(-c2cccc([N+](=O)[O-])c2)o1)c1ccccc1Br. The summed E-state index contributed by atoms with van der Waals surface area (Å²) in [4.78, 5) is 22.4. The van der Waals surface area contributed by atoms with Gasteiger partial charge in [0.05, 0.1) is 16.7 Å². The average molecular weight is 414 g/mol. The summed E-state index contributed by atoms with van der Waals surface area (Å²) in [5, 5.41) is 14.7. The lowest BCUT2D eigenvalue weighted by Crippen LogP contribution is -2.17. The highest BCUT2D eigenvalue weighted by Crippen LogP contribution is 2.25. The van der Waals surface area contributed by atoms with Crippen LogP contribution in [0.3, 0.4) is 0 Å². The molecule has 0 fully saturated rings. The largest absolute Gasteiger partial charge is 0.455 e. The van der Waals surface area contributed by atoms with Gasteiger partial charge in [-0.25, -0.2) is 5.43 Å². The zero-order chi connectivity index (χ0) is 18.5. The Kier molecular flexibility index (Phi) is 5.23. The highest BCUT2D eigenvalue weighted by molar-refractivity contribution is 9.10. The second-order valence-electron chi connectivity index (χ2n) is 5.19. The van der Waals surface area contributed by atoms with E-state index in [4.69, 9.17) is 4.42 Å². The van der Waals surface area contributed by atoms with E-state index in [1.54, 1.807) is 42.5 Å². The van der Waals surface area contributed by atoms with Crippen molar-refractivity contribution in [3.63, 3.8) is 0 Å². The molecule has 1 heterocycles. The molecule has 0 bridgehead atoms. The molecule has 8 heteroatoms. The van der Waals surface area contributed by atoms with E-state index in [2.05, 4.69) is 26.5 Å². The van der Waals surface area contributed by atoms with Crippen LogP contribution in [0, 0.1) is 10.1 Å². The number of nitro benzene ring substituents is 1. The minimum absolute atomic E-state index is 0.0187. The quantitative estimate of drug-likeness (QED) is 0.381. The summed E-state index contributed by atoms with van der Waals surface area (Å²) in [7, 11) is 0. The van der Waals surface area contributed by atoms with E-state index in [9.17, 15) is 14.9 Å². The van der Waals surface area contributed by atoms with Gasteiger partial charge in [0.1, 0.15) is 11.5 Å². The predicted molar refractivity (Wildman–Crippen MR) is 100 cm³/mol. The van der Waals surface area contributed by atoms with Gasteiger partial charge in [-0.2, -0.15) is 5.10 Å². The molecule has 0 aliphatic carbocycles. The summed E-state index contributed by atoms with van der Waals surface area (Å²) in [6.07, 6.45) is 1.36. The average Bonchev–Trinajstić information content (AvgIpc) is 3.11. The van der Waals surface area contributed by atoms with Gasteiger partial charge in [0.15, 0.2) is 0 Å². The van der Waals surface area contributed by atoms with Crippen LogP contribution in [0.15, 0.2) is 74.7 Å². The standard InChI is InChI=1S/C18H12BrN3O4/c19-16-7-2-1-6-15(16)18(23)21-20-11-14-8-9-17(26-14)12-4-3-5-13(10-12)22(24)25/h1-11H,(H,21,23). The Balaban J connectivity index is 1.70. The molecule has 0 aliphatic rings. The van der Waals surface area contributed by atoms with E-state index in [1.165, 1.54) is 18.3 Å². The normalized spacial score (nSPS) is 10.8. The molecule has 1 aromatic heterocycles. The maximum atomic E-state index is 12.0. The van der Waals surface area contributed by atoms with Crippen molar-refractivity contribution in [2.24, 2.45) is 5.10 Å². The molecule has 0 atom stereocenters. The van der Waals surface area contributed by atoms with Gasteiger partial charge in [0.2, 0.25) is 0 Å². The van der Waals surface area contributed by atoms with Crippen molar-refractivity contribution in [3.05, 3.63) is 86.6 Å². The molecular formula is C18H12BrN3O4. The van der Waals surface area contributed by atoms with Gasteiger partial charge in [0, 0.05) is 22.2 Å². The number of furan rings is 1. The molecule has 3 aromatic rings. The van der Waals surface area contributed by atoms with Gasteiger partial charge in [0.25, 0.3) is 11.6 Å². The van der Waals surface area contributed by atoms with E-state index in [-0.39, 0.29) is 11.6 Å². The van der Waals surface area contributed by atoms with Crippen molar-refractivity contribution < 1.29 is 14.1 Å². The van der Waals surface area contributed by atoms with Crippen molar-refractivity contribution in [1.29, 1.82) is 0 Å². The van der Waals surface area contributed by atoms with Crippen LogP contribution in [-0.2, 0) is 0 Å². The molecule has 26 heavy (non-hydrogen) atoms. The van der Waals surface area contributed by atoms with E-state index < -0.39 is 4.92 Å². The first kappa shape index (κ1) is 17.6. The lowest BCUT2D eigenvalue weighted by molar-refractivity contribution is -0.384. The number of nitrogens with one attached hydrogen (secondary N) is 1. The number of nitro groups is 1. The number of rotatable bonds is 5. The van der Waals surface area contributed by atoms with Gasteiger partial charge in [-0.05, 0) is 40.2 Å². The van der Waals surface area contributed by atoms with Gasteiger partial charge in [-0.3, -0.25) is 14.9 Å². The molecule has 3 rings (SSSR count). The molecule has 0 aliphatic heterocycles. The Morgan fingerprint density at radius 1 is 1.15 bits per heavy atom. The third-order valence-electron chi connectivity index (χ3n) is 3.44. The molecular weight excluding hydrogens is 402 g/mol. The Hall–Kier alpha value is -3.26. The van der Waals surface area contributed by atoms with Crippen LogP contribution < -0.4 is 5.43 Å². The third-order valence-corrected chi connectivity index (χ3v) is 4.14. The first-order valence-corrected chi connectivity index (χ1v) is 8.26. The van der Waals surface area contributed by atoms with Crippen LogP contribution in [0.1, 0.15) is 16.1 Å². The lowest BCUT2D eigenvalue weighted by atomic mass is 10.1. The Morgan fingerprint density at radius 3 is 2.73 bits per heavy atom. The van der Waals surface area contributed by atoms with E-state index in [0.717, 1.165) is 0 Å². The van der Waals surface area contributed by atoms with Gasteiger partial charge >= 0.3 is 0 Å². The number of amides is 1. The second kappa shape index (κ2) is 7.75. The molecule has 130 valence electrons. The molecule has 0 saturated heterocycles.